The van der Waals surface area contributed by atoms with E-state index in [9.17, 15) is 4.79 Å². The van der Waals surface area contributed by atoms with E-state index in [1.165, 1.54) is 4.88 Å². The summed E-state index contributed by atoms with van der Waals surface area (Å²) >= 11 is 1.69. The lowest BCUT2D eigenvalue weighted by Crippen LogP contribution is -2.36. The van der Waals surface area contributed by atoms with Gasteiger partial charge < -0.3 is 20.3 Å². The van der Waals surface area contributed by atoms with Crippen molar-refractivity contribution >= 4 is 22.9 Å². The van der Waals surface area contributed by atoms with E-state index in [4.69, 9.17) is 4.74 Å². The van der Waals surface area contributed by atoms with Crippen LogP contribution in [0.2, 0.25) is 0 Å². The Balaban J connectivity index is 1.88. The van der Waals surface area contributed by atoms with E-state index in [2.05, 4.69) is 22.1 Å². The van der Waals surface area contributed by atoms with Crippen LogP contribution in [0.25, 0.3) is 0 Å². The summed E-state index contributed by atoms with van der Waals surface area (Å²) in [6.07, 6.45) is 0.847. The van der Waals surface area contributed by atoms with Gasteiger partial charge in [-0.2, -0.15) is 0 Å². The molecule has 1 atom stereocenters. The van der Waals surface area contributed by atoms with Crippen LogP contribution in [0.15, 0.2) is 35.7 Å². The molecule has 1 aromatic heterocycles. The molecule has 122 valence electrons. The summed E-state index contributed by atoms with van der Waals surface area (Å²) in [4.78, 5) is 15.1. The largest absolute Gasteiger partial charge is 0.483 e. The second-order valence-electron chi connectivity index (χ2n) is 5.53. The number of benzene rings is 1. The third-order valence-electron chi connectivity index (χ3n) is 3.88. The van der Waals surface area contributed by atoms with Crippen LogP contribution < -0.4 is 15.4 Å². The maximum atomic E-state index is 12.3. The molecular formula is C17H21N3O2S. The molecule has 6 heteroatoms. The highest BCUT2D eigenvalue weighted by Gasteiger charge is 2.25. The average molecular weight is 331 g/mol. The number of hydrogen-bond acceptors (Lipinski definition) is 5. The minimum atomic E-state index is -0.0227. The number of ether oxygens (including phenoxy) is 1. The zero-order chi connectivity index (χ0) is 16.2. The Morgan fingerprint density at radius 2 is 2.26 bits per heavy atom. The number of para-hydroxylation sites is 1. The number of nitrogens with one attached hydrogen (secondary N) is 2. The first kappa shape index (κ1) is 15.8. The highest BCUT2D eigenvalue weighted by atomic mass is 32.1. The van der Waals surface area contributed by atoms with Gasteiger partial charge in [-0.05, 0) is 37.2 Å². The van der Waals surface area contributed by atoms with Gasteiger partial charge in [-0.3, -0.25) is 4.79 Å². The molecule has 1 amide bonds. The maximum Gasteiger partial charge on any atom is 0.257 e. The lowest BCUT2D eigenvalue weighted by Gasteiger charge is -2.29. The molecule has 2 heterocycles. The van der Waals surface area contributed by atoms with Crippen LogP contribution in [-0.2, 0) is 0 Å². The second kappa shape index (κ2) is 7.02. The summed E-state index contributed by atoms with van der Waals surface area (Å²) in [7, 11) is 3.72. The number of amides is 1. The molecular weight excluding hydrogens is 310 g/mol. The number of carbonyl (C=O) groups is 1. The van der Waals surface area contributed by atoms with E-state index in [1.54, 1.807) is 23.3 Å². The predicted molar refractivity (Wildman–Crippen MR) is 93.3 cm³/mol. The van der Waals surface area contributed by atoms with E-state index in [-0.39, 0.29) is 12.0 Å². The van der Waals surface area contributed by atoms with Crippen molar-refractivity contribution in [3.63, 3.8) is 0 Å². The van der Waals surface area contributed by atoms with Crippen molar-refractivity contribution in [1.82, 2.24) is 10.2 Å². The highest BCUT2D eigenvalue weighted by Crippen LogP contribution is 2.36. The third-order valence-corrected chi connectivity index (χ3v) is 4.85. The quantitative estimate of drug-likeness (QED) is 0.854. The zero-order valence-corrected chi connectivity index (χ0v) is 14.2. The van der Waals surface area contributed by atoms with Crippen molar-refractivity contribution in [3.8, 4) is 5.75 Å². The van der Waals surface area contributed by atoms with Crippen LogP contribution in [0, 0.1) is 0 Å². The molecule has 0 saturated carbocycles. The number of carbonyl (C=O) groups excluding carboxylic acids is 1. The first-order valence-electron chi connectivity index (χ1n) is 7.67. The second-order valence-corrected chi connectivity index (χ2v) is 6.51. The molecule has 1 aliphatic rings. The lowest BCUT2D eigenvalue weighted by atomic mass is 10.1. The Hall–Kier alpha value is -2.05. The van der Waals surface area contributed by atoms with Crippen molar-refractivity contribution in [2.75, 3.05) is 32.6 Å². The molecule has 5 nitrogen and oxygen atoms in total. The van der Waals surface area contributed by atoms with Gasteiger partial charge in [-0.1, -0.05) is 12.1 Å². The number of anilines is 1. The van der Waals surface area contributed by atoms with Gasteiger partial charge >= 0.3 is 0 Å². The molecule has 2 aromatic rings. The van der Waals surface area contributed by atoms with Crippen LogP contribution in [-0.4, -0.2) is 38.1 Å². The van der Waals surface area contributed by atoms with Gasteiger partial charge in [0.2, 0.25) is 0 Å². The summed E-state index contributed by atoms with van der Waals surface area (Å²) in [5.41, 5.74) is 1.46. The van der Waals surface area contributed by atoms with Gasteiger partial charge in [0.1, 0.15) is 11.9 Å². The molecule has 0 aliphatic carbocycles. The van der Waals surface area contributed by atoms with Crippen molar-refractivity contribution in [2.45, 2.75) is 12.5 Å². The lowest BCUT2D eigenvalue weighted by molar-refractivity contribution is 0.0795. The molecule has 1 unspecified atom stereocenters. The minimum absolute atomic E-state index is 0.0205. The first-order chi connectivity index (χ1) is 11.2. The first-order valence-corrected chi connectivity index (χ1v) is 8.55. The van der Waals surface area contributed by atoms with Gasteiger partial charge in [0, 0.05) is 18.3 Å². The fraction of sp³-hybridized carbons (Fsp3) is 0.353. The maximum absolute atomic E-state index is 12.3. The topological polar surface area (TPSA) is 53.6 Å². The summed E-state index contributed by atoms with van der Waals surface area (Å²) in [6, 6.07) is 9.75. The predicted octanol–water partition coefficient (Wildman–Crippen LogP) is 2.93. The van der Waals surface area contributed by atoms with Crippen LogP contribution in [0.1, 0.15) is 27.8 Å². The van der Waals surface area contributed by atoms with Gasteiger partial charge in [0.15, 0.2) is 0 Å². The van der Waals surface area contributed by atoms with E-state index < -0.39 is 0 Å². The van der Waals surface area contributed by atoms with E-state index in [1.807, 2.05) is 31.3 Å². The summed E-state index contributed by atoms with van der Waals surface area (Å²) in [5, 5.41) is 8.51. The molecule has 0 bridgehead atoms. The molecule has 0 radical (unpaired) electrons. The standard InChI is InChI=1S/C17H21N3O2S/c1-18-9-8-13(15-7-4-10-23-15)22-14-6-3-5-12-16(14)19-11-20(2)17(12)21/h3-7,10,13,18-19H,8-9,11H2,1-2H3. The number of thiophene rings is 1. The molecule has 1 aliphatic heterocycles. The highest BCUT2D eigenvalue weighted by molar-refractivity contribution is 7.10. The molecule has 0 spiro atoms. The number of nitrogens with zero attached hydrogens (tertiary/aromatic N) is 1. The summed E-state index contributed by atoms with van der Waals surface area (Å²) in [6.45, 7) is 1.36. The molecule has 1 aromatic carbocycles. The van der Waals surface area contributed by atoms with Gasteiger partial charge in [0.25, 0.3) is 5.91 Å². The molecule has 0 fully saturated rings. The average Bonchev–Trinajstić information content (AvgIpc) is 3.09. The monoisotopic (exact) mass is 331 g/mol. The summed E-state index contributed by atoms with van der Waals surface area (Å²) < 4.78 is 6.28. The Labute approximate surface area is 140 Å². The zero-order valence-electron chi connectivity index (χ0n) is 13.3. The van der Waals surface area contributed by atoms with E-state index in [0.29, 0.717) is 12.2 Å². The van der Waals surface area contributed by atoms with E-state index >= 15 is 0 Å². The van der Waals surface area contributed by atoms with Crippen LogP contribution in [0.3, 0.4) is 0 Å². The van der Waals surface area contributed by atoms with Crippen LogP contribution in [0.4, 0.5) is 5.69 Å². The summed E-state index contributed by atoms with van der Waals surface area (Å²) in [5.74, 6) is 0.755. The smallest absolute Gasteiger partial charge is 0.257 e. The third kappa shape index (κ3) is 3.33. The van der Waals surface area contributed by atoms with Gasteiger partial charge in [-0.25, -0.2) is 0 Å². The number of fused-ring (bicyclic) bond motifs is 1. The van der Waals surface area contributed by atoms with Crippen molar-refractivity contribution < 1.29 is 9.53 Å². The fourth-order valence-corrected chi connectivity index (χ4v) is 3.42. The molecule has 0 saturated heterocycles. The Bertz CT molecular complexity index is 672. The number of hydrogen-bond donors (Lipinski definition) is 2. The van der Waals surface area contributed by atoms with Gasteiger partial charge in [-0.15, -0.1) is 11.3 Å². The molecule has 23 heavy (non-hydrogen) atoms. The van der Waals surface area contributed by atoms with Crippen LogP contribution in [0.5, 0.6) is 5.75 Å². The molecule has 3 rings (SSSR count). The Morgan fingerprint density at radius 3 is 3.00 bits per heavy atom. The van der Waals surface area contributed by atoms with Gasteiger partial charge in [0.05, 0.1) is 17.9 Å². The van der Waals surface area contributed by atoms with E-state index in [0.717, 1.165) is 24.4 Å². The minimum Gasteiger partial charge on any atom is -0.483 e. The van der Waals surface area contributed by atoms with Crippen LogP contribution >= 0.6 is 11.3 Å². The van der Waals surface area contributed by atoms with Crippen molar-refractivity contribution in [1.29, 1.82) is 0 Å². The normalized spacial score (nSPS) is 15.0. The number of rotatable bonds is 6. The Morgan fingerprint density at radius 1 is 1.39 bits per heavy atom. The Kier molecular flexibility index (Phi) is 4.83. The SMILES string of the molecule is CNCCC(Oc1cccc2c1NCN(C)C2=O)c1cccs1. The fourth-order valence-electron chi connectivity index (χ4n) is 2.63. The van der Waals surface area contributed by atoms with Crippen molar-refractivity contribution in [2.24, 2.45) is 0 Å². The molecule has 2 N–H and O–H groups in total. The van der Waals surface area contributed by atoms with Crippen molar-refractivity contribution in [3.05, 3.63) is 46.2 Å².